The van der Waals surface area contributed by atoms with E-state index in [1.165, 1.54) is 6.07 Å². The Morgan fingerprint density at radius 2 is 2.07 bits per heavy atom. The number of alkyl halides is 2. The molecule has 5 heteroatoms. The Kier molecular flexibility index (Phi) is 2.40. The summed E-state index contributed by atoms with van der Waals surface area (Å²) in [6.07, 6.45) is 0. The number of hydrogen-bond acceptors (Lipinski definition) is 1. The van der Waals surface area contributed by atoms with Crippen molar-refractivity contribution in [2.45, 2.75) is 18.2 Å². The van der Waals surface area contributed by atoms with Gasteiger partial charge in [0.2, 0.25) is 0 Å². The SMILES string of the molecule is Cc1c(F)ccc2[nH]c(C(C)(Cl)Cl)nc12. The van der Waals surface area contributed by atoms with Gasteiger partial charge in [-0.1, -0.05) is 23.2 Å². The third-order valence-corrected chi connectivity index (χ3v) is 2.62. The average molecular weight is 247 g/mol. The van der Waals surface area contributed by atoms with E-state index >= 15 is 0 Å². The number of rotatable bonds is 1. The number of H-pyrrole nitrogens is 1. The average Bonchev–Trinajstić information content (AvgIpc) is 2.55. The molecule has 0 bridgehead atoms. The van der Waals surface area contributed by atoms with Crippen molar-refractivity contribution in [2.24, 2.45) is 0 Å². The first-order valence-corrected chi connectivity index (χ1v) is 5.18. The van der Waals surface area contributed by atoms with Crippen LogP contribution in [0.3, 0.4) is 0 Å². The lowest BCUT2D eigenvalue weighted by molar-refractivity contribution is 0.620. The Balaban J connectivity index is 2.72. The van der Waals surface area contributed by atoms with Crippen LogP contribution in [0.25, 0.3) is 11.0 Å². The Hall–Kier alpha value is -0.800. The summed E-state index contributed by atoms with van der Waals surface area (Å²) in [6.45, 7) is 3.28. The van der Waals surface area contributed by atoms with Crippen molar-refractivity contribution in [1.82, 2.24) is 9.97 Å². The highest BCUT2D eigenvalue weighted by atomic mass is 35.5. The minimum atomic E-state index is -1.10. The van der Waals surface area contributed by atoms with Crippen molar-refractivity contribution >= 4 is 34.2 Å². The number of nitrogens with zero attached hydrogens (tertiary/aromatic N) is 1. The van der Waals surface area contributed by atoms with Gasteiger partial charge in [-0.25, -0.2) is 9.37 Å². The van der Waals surface area contributed by atoms with Crippen LogP contribution in [0.15, 0.2) is 12.1 Å². The normalized spacial score (nSPS) is 12.3. The molecule has 0 spiro atoms. The second-order valence-electron chi connectivity index (χ2n) is 3.54. The van der Waals surface area contributed by atoms with Crippen LogP contribution in [0, 0.1) is 12.7 Å². The summed E-state index contributed by atoms with van der Waals surface area (Å²) in [6, 6.07) is 3.01. The minimum Gasteiger partial charge on any atom is -0.339 e. The molecule has 0 saturated carbocycles. The van der Waals surface area contributed by atoms with E-state index in [4.69, 9.17) is 23.2 Å². The summed E-state index contributed by atoms with van der Waals surface area (Å²) in [5.74, 6) is 0.140. The van der Waals surface area contributed by atoms with E-state index in [2.05, 4.69) is 9.97 Å². The van der Waals surface area contributed by atoms with Gasteiger partial charge in [0.05, 0.1) is 11.0 Å². The van der Waals surface area contributed by atoms with Crippen molar-refractivity contribution < 1.29 is 4.39 Å². The van der Waals surface area contributed by atoms with Gasteiger partial charge in [-0.3, -0.25) is 0 Å². The molecule has 0 atom stereocenters. The van der Waals surface area contributed by atoms with Crippen LogP contribution in [-0.2, 0) is 4.33 Å². The standard InChI is InChI=1S/C10H9Cl2FN2/c1-5-6(13)3-4-7-8(5)15-9(14-7)10(2,11)12/h3-4H,1-2H3,(H,14,15). The number of halogens is 3. The highest BCUT2D eigenvalue weighted by Crippen LogP contribution is 2.32. The largest absolute Gasteiger partial charge is 0.339 e. The first-order valence-electron chi connectivity index (χ1n) is 4.42. The third-order valence-electron chi connectivity index (χ3n) is 2.26. The summed E-state index contributed by atoms with van der Waals surface area (Å²) < 4.78 is 12.1. The van der Waals surface area contributed by atoms with Crippen LogP contribution < -0.4 is 0 Å². The van der Waals surface area contributed by atoms with E-state index in [1.807, 2.05) is 0 Å². The molecule has 1 aromatic heterocycles. The van der Waals surface area contributed by atoms with Gasteiger partial charge in [0.15, 0.2) is 4.33 Å². The van der Waals surface area contributed by atoms with Crippen molar-refractivity contribution in [2.75, 3.05) is 0 Å². The van der Waals surface area contributed by atoms with E-state index < -0.39 is 4.33 Å². The van der Waals surface area contributed by atoms with Crippen molar-refractivity contribution in [3.8, 4) is 0 Å². The van der Waals surface area contributed by atoms with E-state index in [0.29, 0.717) is 16.9 Å². The van der Waals surface area contributed by atoms with Gasteiger partial charge in [-0.2, -0.15) is 0 Å². The lowest BCUT2D eigenvalue weighted by Gasteiger charge is -2.07. The molecule has 0 unspecified atom stereocenters. The van der Waals surface area contributed by atoms with Gasteiger partial charge in [-0.05, 0) is 26.0 Å². The molecule has 2 nitrogen and oxygen atoms in total. The van der Waals surface area contributed by atoms with Crippen molar-refractivity contribution in [1.29, 1.82) is 0 Å². The van der Waals surface area contributed by atoms with E-state index in [0.717, 1.165) is 5.52 Å². The second-order valence-corrected chi connectivity index (χ2v) is 5.25. The molecule has 1 aromatic carbocycles. The Morgan fingerprint density at radius 3 is 2.67 bits per heavy atom. The number of aromatic amines is 1. The number of imidazole rings is 1. The van der Waals surface area contributed by atoms with Crippen LogP contribution in [-0.4, -0.2) is 9.97 Å². The fourth-order valence-corrected chi connectivity index (χ4v) is 1.57. The third kappa shape index (κ3) is 1.82. The van der Waals surface area contributed by atoms with E-state index in [-0.39, 0.29) is 5.82 Å². The number of benzene rings is 1. The monoisotopic (exact) mass is 246 g/mol. The number of aryl methyl sites for hydroxylation is 1. The molecule has 15 heavy (non-hydrogen) atoms. The molecule has 0 aliphatic rings. The Bertz CT molecular complexity index is 514. The van der Waals surface area contributed by atoms with Crippen LogP contribution >= 0.6 is 23.2 Å². The fraction of sp³-hybridized carbons (Fsp3) is 0.300. The molecule has 1 heterocycles. The zero-order valence-corrected chi connectivity index (χ0v) is 9.75. The van der Waals surface area contributed by atoms with Crippen LogP contribution in [0.1, 0.15) is 18.3 Å². The van der Waals surface area contributed by atoms with Crippen LogP contribution in [0.2, 0.25) is 0 Å². The Labute approximate surface area is 96.4 Å². The topological polar surface area (TPSA) is 28.7 Å². The number of hydrogen-bond donors (Lipinski definition) is 1. The minimum absolute atomic E-state index is 0.286. The predicted octanol–water partition coefficient (Wildman–Crippen LogP) is 3.66. The van der Waals surface area contributed by atoms with Gasteiger partial charge in [0.1, 0.15) is 11.6 Å². The molecule has 1 N–H and O–H groups in total. The number of aromatic nitrogens is 2. The maximum atomic E-state index is 13.2. The Morgan fingerprint density at radius 1 is 1.40 bits per heavy atom. The predicted molar refractivity (Wildman–Crippen MR) is 59.8 cm³/mol. The van der Waals surface area contributed by atoms with Crippen LogP contribution in [0.4, 0.5) is 4.39 Å². The van der Waals surface area contributed by atoms with Gasteiger partial charge in [-0.15, -0.1) is 0 Å². The molecule has 0 saturated heterocycles. The lowest BCUT2D eigenvalue weighted by atomic mass is 10.2. The zero-order valence-electron chi connectivity index (χ0n) is 8.24. The summed E-state index contributed by atoms with van der Waals surface area (Å²) in [4.78, 5) is 7.15. The smallest absolute Gasteiger partial charge is 0.172 e. The lowest BCUT2D eigenvalue weighted by Crippen LogP contribution is -2.05. The highest BCUT2D eigenvalue weighted by Gasteiger charge is 2.24. The molecule has 0 amide bonds. The molecular weight excluding hydrogens is 238 g/mol. The van der Waals surface area contributed by atoms with Gasteiger partial charge >= 0.3 is 0 Å². The first-order chi connectivity index (χ1) is 6.89. The van der Waals surface area contributed by atoms with Crippen LogP contribution in [0.5, 0.6) is 0 Å². The van der Waals surface area contributed by atoms with Crippen molar-refractivity contribution in [3.05, 3.63) is 29.3 Å². The fourth-order valence-electron chi connectivity index (χ4n) is 1.40. The molecule has 2 rings (SSSR count). The summed E-state index contributed by atoms with van der Waals surface area (Å²) in [5, 5.41) is 0. The molecular formula is C10H9Cl2FN2. The molecule has 0 aliphatic carbocycles. The quantitative estimate of drug-likeness (QED) is 0.765. The molecule has 0 fully saturated rings. The van der Waals surface area contributed by atoms with E-state index in [9.17, 15) is 4.39 Å². The van der Waals surface area contributed by atoms with Crippen molar-refractivity contribution in [3.63, 3.8) is 0 Å². The molecule has 2 aromatic rings. The molecule has 0 aliphatic heterocycles. The maximum Gasteiger partial charge on any atom is 0.172 e. The summed E-state index contributed by atoms with van der Waals surface area (Å²) in [7, 11) is 0. The highest BCUT2D eigenvalue weighted by molar-refractivity contribution is 6.47. The number of nitrogens with one attached hydrogen (secondary N) is 1. The molecule has 80 valence electrons. The maximum absolute atomic E-state index is 13.2. The molecule has 0 radical (unpaired) electrons. The first kappa shape index (κ1) is 10.7. The summed E-state index contributed by atoms with van der Waals surface area (Å²) in [5.41, 5.74) is 1.79. The van der Waals surface area contributed by atoms with Gasteiger partial charge in [0.25, 0.3) is 0 Å². The zero-order chi connectivity index (χ0) is 11.2. The number of fused-ring (bicyclic) bond motifs is 1. The van der Waals surface area contributed by atoms with E-state index in [1.54, 1.807) is 19.9 Å². The van der Waals surface area contributed by atoms with Gasteiger partial charge in [0, 0.05) is 5.56 Å². The summed E-state index contributed by atoms with van der Waals surface area (Å²) >= 11 is 11.8. The van der Waals surface area contributed by atoms with Gasteiger partial charge < -0.3 is 4.98 Å². The second kappa shape index (κ2) is 3.35.